The van der Waals surface area contributed by atoms with Crippen molar-refractivity contribution in [2.45, 2.75) is 37.5 Å². The summed E-state index contributed by atoms with van der Waals surface area (Å²) in [6, 6.07) is 4.29. The van der Waals surface area contributed by atoms with Gasteiger partial charge >= 0.3 is 0 Å². The van der Waals surface area contributed by atoms with Crippen LogP contribution in [0.5, 0.6) is 0 Å². The van der Waals surface area contributed by atoms with Gasteiger partial charge in [-0.15, -0.1) is 0 Å². The fourth-order valence-electron chi connectivity index (χ4n) is 2.26. The largest absolute Gasteiger partial charge is 0.465 e. The van der Waals surface area contributed by atoms with Crippen molar-refractivity contribution in [3.8, 4) is 0 Å². The molecule has 0 bridgehead atoms. The predicted molar refractivity (Wildman–Crippen MR) is 55.2 cm³/mol. The van der Waals surface area contributed by atoms with E-state index in [1.807, 2.05) is 0 Å². The van der Waals surface area contributed by atoms with E-state index in [0.29, 0.717) is 5.92 Å². The molecule has 1 aromatic rings. The van der Waals surface area contributed by atoms with Crippen LogP contribution in [0.4, 0.5) is 0 Å². The molecule has 2 N–H and O–H groups in total. The van der Waals surface area contributed by atoms with Crippen LogP contribution in [-0.2, 0) is 5.41 Å². The maximum atomic E-state index is 5.92. The first-order valence-corrected chi connectivity index (χ1v) is 5.55. The van der Waals surface area contributed by atoms with E-state index < -0.39 is 0 Å². The average Bonchev–Trinajstić information content (AvgIpc) is 3.08. The van der Waals surface area contributed by atoms with Gasteiger partial charge in [0.2, 0.25) is 0 Å². The molecule has 1 aromatic heterocycles. The molecule has 0 saturated heterocycles. The molecule has 0 radical (unpaired) electrons. The second-order valence-electron chi connectivity index (χ2n) is 5.01. The first-order chi connectivity index (χ1) is 6.75. The second-order valence-corrected chi connectivity index (χ2v) is 5.01. The lowest BCUT2D eigenvalue weighted by Gasteiger charge is -2.07. The Morgan fingerprint density at radius 1 is 1.50 bits per heavy atom. The van der Waals surface area contributed by atoms with Gasteiger partial charge in [0.1, 0.15) is 11.5 Å². The van der Waals surface area contributed by atoms with E-state index >= 15 is 0 Å². The molecule has 14 heavy (non-hydrogen) atoms. The van der Waals surface area contributed by atoms with E-state index in [-0.39, 0.29) is 5.41 Å². The first-order valence-electron chi connectivity index (χ1n) is 5.55. The molecule has 2 saturated carbocycles. The maximum Gasteiger partial charge on any atom is 0.111 e. The lowest BCUT2D eigenvalue weighted by molar-refractivity contribution is 0.420. The van der Waals surface area contributed by atoms with Gasteiger partial charge in [-0.05, 0) is 37.3 Å². The van der Waals surface area contributed by atoms with Crippen molar-refractivity contribution >= 4 is 0 Å². The normalized spacial score (nSPS) is 33.0. The summed E-state index contributed by atoms with van der Waals surface area (Å²) in [4.78, 5) is 0. The number of nitrogens with two attached hydrogens (primary N) is 1. The summed E-state index contributed by atoms with van der Waals surface area (Å²) in [5.74, 6) is 3.83. The van der Waals surface area contributed by atoms with Crippen LogP contribution in [0.1, 0.15) is 43.6 Å². The van der Waals surface area contributed by atoms with Crippen LogP contribution in [0.15, 0.2) is 16.5 Å². The average molecular weight is 191 g/mol. The molecule has 0 aliphatic heterocycles. The highest BCUT2D eigenvalue weighted by molar-refractivity contribution is 5.27. The Labute approximate surface area is 84.5 Å². The number of hydrogen-bond acceptors (Lipinski definition) is 2. The van der Waals surface area contributed by atoms with Gasteiger partial charge in [-0.3, -0.25) is 0 Å². The molecular weight excluding hydrogens is 174 g/mol. The third kappa shape index (κ3) is 1.13. The van der Waals surface area contributed by atoms with Crippen molar-refractivity contribution in [2.24, 2.45) is 11.7 Å². The lowest BCUT2D eigenvalue weighted by atomic mass is 10.1. The van der Waals surface area contributed by atoms with Crippen molar-refractivity contribution in [1.82, 2.24) is 0 Å². The standard InChI is InChI=1S/C12H17NO/c1-8-6-9(8)10-2-3-11(14-10)12(7-13)4-5-12/h2-3,8-9H,4-7,13H2,1H3. The predicted octanol–water partition coefficient (Wildman–Crippen LogP) is 2.39. The van der Waals surface area contributed by atoms with E-state index in [1.165, 1.54) is 25.0 Å². The highest BCUT2D eigenvalue weighted by Gasteiger charge is 2.46. The Kier molecular flexibility index (Phi) is 1.61. The molecule has 2 atom stereocenters. The quantitative estimate of drug-likeness (QED) is 0.796. The van der Waals surface area contributed by atoms with Crippen LogP contribution >= 0.6 is 0 Å². The molecule has 2 aliphatic rings. The fourth-order valence-corrected chi connectivity index (χ4v) is 2.26. The van der Waals surface area contributed by atoms with Crippen LogP contribution in [0.25, 0.3) is 0 Å². The molecule has 2 nitrogen and oxygen atoms in total. The zero-order valence-electron chi connectivity index (χ0n) is 8.62. The van der Waals surface area contributed by atoms with Crippen molar-refractivity contribution < 1.29 is 4.42 Å². The van der Waals surface area contributed by atoms with Crippen LogP contribution in [0.3, 0.4) is 0 Å². The monoisotopic (exact) mass is 191 g/mol. The maximum absolute atomic E-state index is 5.92. The minimum absolute atomic E-state index is 0.219. The van der Waals surface area contributed by atoms with Gasteiger partial charge in [-0.2, -0.15) is 0 Å². The summed E-state index contributed by atoms with van der Waals surface area (Å²) in [6.07, 6.45) is 3.70. The number of hydrogen-bond donors (Lipinski definition) is 1. The minimum Gasteiger partial charge on any atom is -0.465 e. The van der Waals surface area contributed by atoms with Gasteiger partial charge in [0.25, 0.3) is 0 Å². The van der Waals surface area contributed by atoms with Gasteiger partial charge in [-0.25, -0.2) is 0 Å². The van der Waals surface area contributed by atoms with Crippen LogP contribution in [-0.4, -0.2) is 6.54 Å². The lowest BCUT2D eigenvalue weighted by Crippen LogP contribution is -2.18. The Bertz CT molecular complexity index is 351. The molecule has 2 aliphatic carbocycles. The number of rotatable bonds is 3. The molecule has 2 heteroatoms. The molecule has 1 heterocycles. The second kappa shape index (κ2) is 2.63. The molecule has 2 fully saturated rings. The Morgan fingerprint density at radius 2 is 2.21 bits per heavy atom. The van der Waals surface area contributed by atoms with E-state index in [4.69, 9.17) is 10.2 Å². The van der Waals surface area contributed by atoms with Crippen LogP contribution < -0.4 is 5.73 Å². The number of furan rings is 1. The zero-order valence-corrected chi connectivity index (χ0v) is 8.62. The fraction of sp³-hybridized carbons (Fsp3) is 0.667. The molecule has 2 unspecified atom stereocenters. The highest BCUT2D eigenvalue weighted by Crippen LogP contribution is 2.51. The topological polar surface area (TPSA) is 39.2 Å². The van der Waals surface area contributed by atoms with Crippen LogP contribution in [0.2, 0.25) is 0 Å². The summed E-state index contributed by atoms with van der Waals surface area (Å²) < 4.78 is 5.92. The van der Waals surface area contributed by atoms with Gasteiger partial charge in [0.15, 0.2) is 0 Å². The smallest absolute Gasteiger partial charge is 0.111 e. The van der Waals surface area contributed by atoms with Gasteiger partial charge in [0, 0.05) is 17.9 Å². The molecule has 3 rings (SSSR count). The molecule has 76 valence electrons. The van der Waals surface area contributed by atoms with Crippen molar-refractivity contribution in [3.63, 3.8) is 0 Å². The van der Waals surface area contributed by atoms with Gasteiger partial charge in [-0.1, -0.05) is 6.92 Å². The first kappa shape index (κ1) is 8.54. The molecule has 0 spiro atoms. The SMILES string of the molecule is CC1CC1c1ccc(C2(CN)CC2)o1. The zero-order chi connectivity index (χ0) is 9.76. The summed E-state index contributed by atoms with van der Waals surface area (Å²) in [5.41, 5.74) is 5.99. The third-order valence-corrected chi connectivity index (χ3v) is 3.87. The van der Waals surface area contributed by atoms with Gasteiger partial charge < -0.3 is 10.2 Å². The summed E-state index contributed by atoms with van der Waals surface area (Å²) in [7, 11) is 0. The Hall–Kier alpha value is -0.760. The molecule has 0 aromatic carbocycles. The highest BCUT2D eigenvalue weighted by atomic mass is 16.3. The van der Waals surface area contributed by atoms with E-state index in [0.717, 1.165) is 18.2 Å². The van der Waals surface area contributed by atoms with Crippen molar-refractivity contribution in [2.75, 3.05) is 6.54 Å². The summed E-state index contributed by atoms with van der Waals surface area (Å²) in [6.45, 7) is 3.02. The van der Waals surface area contributed by atoms with Crippen molar-refractivity contribution in [3.05, 3.63) is 23.7 Å². The van der Waals surface area contributed by atoms with E-state index in [1.54, 1.807) is 0 Å². The molecule has 0 amide bonds. The van der Waals surface area contributed by atoms with E-state index in [9.17, 15) is 0 Å². The van der Waals surface area contributed by atoms with Gasteiger partial charge in [0.05, 0.1) is 0 Å². The Morgan fingerprint density at radius 3 is 2.71 bits per heavy atom. The third-order valence-electron chi connectivity index (χ3n) is 3.87. The Balaban J connectivity index is 1.84. The summed E-state index contributed by atoms with van der Waals surface area (Å²) >= 11 is 0. The minimum atomic E-state index is 0.219. The van der Waals surface area contributed by atoms with E-state index in [2.05, 4.69) is 19.1 Å². The molecular formula is C12H17NO. The summed E-state index contributed by atoms with van der Waals surface area (Å²) in [5, 5.41) is 0. The van der Waals surface area contributed by atoms with Crippen molar-refractivity contribution in [1.29, 1.82) is 0 Å². The van der Waals surface area contributed by atoms with Crippen LogP contribution in [0, 0.1) is 5.92 Å².